The van der Waals surface area contributed by atoms with Crippen LogP contribution in [0.4, 0.5) is 5.69 Å². The third-order valence-electron chi connectivity index (χ3n) is 5.58. The maximum Gasteiger partial charge on any atom is 0.258 e. The zero-order chi connectivity index (χ0) is 22.7. The van der Waals surface area contributed by atoms with Crippen LogP contribution in [0.25, 0.3) is 11.5 Å². The number of benzene rings is 2. The number of halogens is 1. The van der Waals surface area contributed by atoms with E-state index in [1.54, 1.807) is 24.3 Å². The van der Waals surface area contributed by atoms with Gasteiger partial charge in [0.15, 0.2) is 5.82 Å². The average molecular weight is 452 g/mol. The minimum Gasteiger partial charge on any atom is -0.382 e. The van der Waals surface area contributed by atoms with E-state index >= 15 is 0 Å². The van der Waals surface area contributed by atoms with Gasteiger partial charge in [-0.3, -0.25) is 4.79 Å². The van der Waals surface area contributed by atoms with E-state index in [0.29, 0.717) is 35.4 Å². The van der Waals surface area contributed by atoms with E-state index in [-0.39, 0.29) is 17.9 Å². The fourth-order valence-electron chi connectivity index (χ4n) is 3.88. The van der Waals surface area contributed by atoms with Crippen LogP contribution >= 0.6 is 11.6 Å². The van der Waals surface area contributed by atoms with Crippen molar-refractivity contribution in [2.75, 3.05) is 18.4 Å². The Morgan fingerprint density at radius 3 is 2.59 bits per heavy atom. The van der Waals surface area contributed by atoms with Crippen LogP contribution in [-0.4, -0.2) is 46.3 Å². The molecule has 1 amide bonds. The molecule has 1 aromatic heterocycles. The zero-order valence-electron chi connectivity index (χ0n) is 18.1. The van der Waals surface area contributed by atoms with Gasteiger partial charge in [0.05, 0.1) is 0 Å². The van der Waals surface area contributed by atoms with Crippen molar-refractivity contribution in [3.05, 3.63) is 64.4 Å². The number of rotatable bonds is 6. The highest BCUT2D eigenvalue weighted by Gasteiger charge is 2.27. The van der Waals surface area contributed by atoms with E-state index in [9.17, 15) is 4.79 Å². The summed E-state index contributed by atoms with van der Waals surface area (Å²) in [5.41, 5.74) is 3.13. The molecular weight excluding hydrogens is 426 g/mol. The first kappa shape index (κ1) is 22.0. The van der Waals surface area contributed by atoms with Gasteiger partial charge in [-0.05, 0) is 63.1 Å². The number of hydrogen-bond donors (Lipinski definition) is 2. The molecule has 2 heterocycles. The Morgan fingerprint density at radius 2 is 1.94 bits per heavy atom. The van der Waals surface area contributed by atoms with Gasteiger partial charge in [0.1, 0.15) is 0 Å². The number of carbonyl (C=O) groups is 1. The summed E-state index contributed by atoms with van der Waals surface area (Å²) in [5.74, 6) is 1.30. The van der Waals surface area contributed by atoms with Crippen LogP contribution in [0.2, 0.25) is 5.02 Å². The van der Waals surface area contributed by atoms with Gasteiger partial charge in [-0.1, -0.05) is 22.8 Å². The maximum absolute atomic E-state index is 12.7. The Bertz CT molecular complexity index is 1100. The first-order valence-corrected chi connectivity index (χ1v) is 11.1. The third-order valence-corrected chi connectivity index (χ3v) is 5.83. The van der Waals surface area contributed by atoms with Crippen molar-refractivity contribution in [3.63, 3.8) is 0 Å². The standard InChI is InChI=1S/C24H26ClN5O2/c1-15(2)27-21-13-18(3-4-19(21)14-26)23-28-22(29-32-23)16-9-11-30(12-10-16)24(31)17-5-7-20(25)8-6-17/h3-8,13-16,26-27H,9-12H2,1-2H3. The number of carbonyl (C=O) groups excluding carboxylic acids is 1. The molecule has 0 spiro atoms. The molecule has 32 heavy (non-hydrogen) atoms. The van der Waals surface area contributed by atoms with Gasteiger partial charge in [-0.2, -0.15) is 4.98 Å². The molecule has 0 bridgehead atoms. The summed E-state index contributed by atoms with van der Waals surface area (Å²) in [5, 5.41) is 15.8. The molecule has 1 fully saturated rings. The minimum atomic E-state index is 0.0189. The van der Waals surface area contributed by atoms with Gasteiger partial charge in [-0.15, -0.1) is 0 Å². The molecular formula is C24H26ClN5O2. The summed E-state index contributed by atoms with van der Waals surface area (Å²) in [7, 11) is 0. The molecule has 0 radical (unpaired) electrons. The molecule has 1 aliphatic rings. The fraction of sp³-hybridized carbons (Fsp3) is 0.333. The predicted molar refractivity (Wildman–Crippen MR) is 126 cm³/mol. The van der Waals surface area contributed by atoms with Crippen LogP contribution in [-0.2, 0) is 0 Å². The topological polar surface area (TPSA) is 95.1 Å². The van der Waals surface area contributed by atoms with Gasteiger partial charge in [0.2, 0.25) is 0 Å². The highest BCUT2D eigenvalue weighted by atomic mass is 35.5. The molecule has 0 atom stereocenters. The van der Waals surface area contributed by atoms with Crippen molar-refractivity contribution in [1.82, 2.24) is 15.0 Å². The SMILES string of the molecule is CC(C)Nc1cc(-c2nc(C3CCN(C(=O)c4ccc(Cl)cc4)CC3)no2)ccc1C=N. The minimum absolute atomic E-state index is 0.0189. The molecule has 3 aromatic rings. The summed E-state index contributed by atoms with van der Waals surface area (Å²) in [6.45, 7) is 5.39. The number of likely N-dealkylation sites (tertiary alicyclic amines) is 1. The molecule has 0 aliphatic carbocycles. The number of amides is 1. The van der Waals surface area contributed by atoms with Crippen molar-refractivity contribution in [2.24, 2.45) is 0 Å². The molecule has 2 N–H and O–H groups in total. The first-order valence-electron chi connectivity index (χ1n) is 10.7. The van der Waals surface area contributed by atoms with E-state index in [1.165, 1.54) is 6.21 Å². The van der Waals surface area contributed by atoms with Crippen LogP contribution in [0.5, 0.6) is 0 Å². The Labute approximate surface area is 192 Å². The predicted octanol–water partition coefficient (Wildman–Crippen LogP) is 5.23. The fourth-order valence-corrected chi connectivity index (χ4v) is 4.01. The molecule has 0 unspecified atom stereocenters. The quantitative estimate of drug-likeness (QED) is 0.500. The summed E-state index contributed by atoms with van der Waals surface area (Å²) in [6.07, 6.45) is 2.89. The molecule has 2 aromatic carbocycles. The second kappa shape index (κ2) is 9.53. The molecule has 166 valence electrons. The summed E-state index contributed by atoms with van der Waals surface area (Å²) in [4.78, 5) is 19.2. The lowest BCUT2D eigenvalue weighted by molar-refractivity contribution is 0.0710. The monoisotopic (exact) mass is 451 g/mol. The number of nitrogens with one attached hydrogen (secondary N) is 2. The lowest BCUT2D eigenvalue weighted by Gasteiger charge is -2.30. The Hall–Kier alpha value is -3.19. The molecule has 4 rings (SSSR count). The molecule has 0 saturated carbocycles. The molecule has 1 aliphatic heterocycles. The normalized spacial score (nSPS) is 14.6. The Kier molecular flexibility index (Phi) is 6.55. The van der Waals surface area contributed by atoms with Crippen LogP contribution in [0.3, 0.4) is 0 Å². The first-order chi connectivity index (χ1) is 15.4. The number of anilines is 1. The molecule has 8 heteroatoms. The van der Waals surface area contributed by atoms with E-state index in [4.69, 9.17) is 21.5 Å². The van der Waals surface area contributed by atoms with Gasteiger partial charge in [-0.25, -0.2) is 0 Å². The van der Waals surface area contributed by atoms with Crippen molar-refractivity contribution < 1.29 is 9.32 Å². The van der Waals surface area contributed by atoms with E-state index in [0.717, 1.165) is 29.7 Å². The van der Waals surface area contributed by atoms with Gasteiger partial charge in [0, 0.05) is 58.7 Å². The van der Waals surface area contributed by atoms with Crippen LogP contribution in [0, 0.1) is 5.41 Å². The van der Waals surface area contributed by atoms with E-state index in [2.05, 4.69) is 29.3 Å². The largest absolute Gasteiger partial charge is 0.382 e. The zero-order valence-corrected chi connectivity index (χ0v) is 18.9. The second-order valence-electron chi connectivity index (χ2n) is 8.28. The highest BCUT2D eigenvalue weighted by Crippen LogP contribution is 2.30. The molecule has 1 saturated heterocycles. The summed E-state index contributed by atoms with van der Waals surface area (Å²) in [6, 6.07) is 12.9. The van der Waals surface area contributed by atoms with E-state index in [1.807, 2.05) is 23.1 Å². The lowest BCUT2D eigenvalue weighted by Crippen LogP contribution is -2.38. The van der Waals surface area contributed by atoms with Crippen molar-refractivity contribution in [1.29, 1.82) is 5.41 Å². The maximum atomic E-state index is 12.7. The summed E-state index contributed by atoms with van der Waals surface area (Å²) >= 11 is 5.92. The summed E-state index contributed by atoms with van der Waals surface area (Å²) < 4.78 is 5.55. The third kappa shape index (κ3) is 4.83. The van der Waals surface area contributed by atoms with Crippen molar-refractivity contribution >= 4 is 29.4 Å². The van der Waals surface area contributed by atoms with Gasteiger partial charge < -0.3 is 20.1 Å². The van der Waals surface area contributed by atoms with E-state index < -0.39 is 0 Å². The molecule has 7 nitrogen and oxygen atoms in total. The second-order valence-corrected chi connectivity index (χ2v) is 8.71. The van der Waals surface area contributed by atoms with Crippen molar-refractivity contribution in [3.8, 4) is 11.5 Å². The van der Waals surface area contributed by atoms with Crippen LogP contribution in [0.1, 0.15) is 54.4 Å². The Morgan fingerprint density at radius 1 is 1.22 bits per heavy atom. The Balaban J connectivity index is 1.43. The van der Waals surface area contributed by atoms with Gasteiger partial charge in [0.25, 0.3) is 11.8 Å². The average Bonchev–Trinajstić information content (AvgIpc) is 3.29. The smallest absolute Gasteiger partial charge is 0.258 e. The number of aromatic nitrogens is 2. The van der Waals surface area contributed by atoms with Crippen LogP contribution in [0.15, 0.2) is 47.0 Å². The number of nitrogens with zero attached hydrogens (tertiary/aromatic N) is 3. The number of piperidine rings is 1. The van der Waals surface area contributed by atoms with Crippen LogP contribution < -0.4 is 5.32 Å². The number of hydrogen-bond acceptors (Lipinski definition) is 6. The highest BCUT2D eigenvalue weighted by molar-refractivity contribution is 6.30. The van der Waals surface area contributed by atoms with Gasteiger partial charge >= 0.3 is 0 Å². The lowest BCUT2D eigenvalue weighted by atomic mass is 9.95. The van der Waals surface area contributed by atoms with Crippen molar-refractivity contribution in [2.45, 2.75) is 38.6 Å².